The number of aromatic nitrogens is 3. The first-order chi connectivity index (χ1) is 10.3. The van der Waals surface area contributed by atoms with E-state index in [0.29, 0.717) is 6.04 Å². The van der Waals surface area contributed by atoms with Crippen LogP contribution in [-0.2, 0) is 4.79 Å². The van der Waals surface area contributed by atoms with E-state index in [4.69, 9.17) is 0 Å². The number of hydrogen-bond acceptors (Lipinski definition) is 3. The number of piperidine rings is 1. The lowest BCUT2D eigenvalue weighted by molar-refractivity contribution is -0.127. The van der Waals surface area contributed by atoms with E-state index in [-0.39, 0.29) is 5.91 Å². The van der Waals surface area contributed by atoms with E-state index in [9.17, 15) is 4.79 Å². The number of benzene rings is 1. The van der Waals surface area contributed by atoms with Crippen molar-refractivity contribution in [1.29, 1.82) is 0 Å². The van der Waals surface area contributed by atoms with Crippen molar-refractivity contribution in [1.82, 2.24) is 19.9 Å². The number of amides is 1. The molecule has 3 rings (SSSR count). The van der Waals surface area contributed by atoms with Gasteiger partial charge >= 0.3 is 0 Å². The van der Waals surface area contributed by atoms with Gasteiger partial charge in [0.25, 0.3) is 0 Å². The minimum absolute atomic E-state index is 0.0747. The van der Waals surface area contributed by atoms with Crippen molar-refractivity contribution >= 4 is 12.0 Å². The molecule has 0 bridgehead atoms. The lowest BCUT2D eigenvalue weighted by Gasteiger charge is -2.30. The van der Waals surface area contributed by atoms with Crippen molar-refractivity contribution in [2.45, 2.75) is 18.9 Å². The van der Waals surface area contributed by atoms with Crippen molar-refractivity contribution in [2.75, 3.05) is 13.1 Å². The predicted molar refractivity (Wildman–Crippen MR) is 80.3 cm³/mol. The molecule has 0 atom stereocenters. The minimum atomic E-state index is 0.0747. The molecule has 0 saturated carbocycles. The maximum atomic E-state index is 12.2. The number of rotatable bonds is 3. The van der Waals surface area contributed by atoms with E-state index in [1.165, 1.54) is 0 Å². The van der Waals surface area contributed by atoms with Gasteiger partial charge in [-0.05, 0) is 24.5 Å². The molecule has 0 radical (unpaired) electrons. The molecule has 2 aromatic rings. The molecule has 0 aliphatic carbocycles. The van der Waals surface area contributed by atoms with Crippen molar-refractivity contribution in [3.05, 3.63) is 54.4 Å². The number of carbonyl (C=O) groups excluding carboxylic acids is 1. The van der Waals surface area contributed by atoms with Crippen LogP contribution in [0.1, 0.15) is 24.4 Å². The summed E-state index contributed by atoms with van der Waals surface area (Å²) in [5.74, 6) is 0.0747. The van der Waals surface area contributed by atoms with Gasteiger partial charge in [-0.25, -0.2) is 0 Å². The van der Waals surface area contributed by atoms with Crippen LogP contribution >= 0.6 is 0 Å². The Balaban J connectivity index is 1.54. The smallest absolute Gasteiger partial charge is 0.246 e. The van der Waals surface area contributed by atoms with Gasteiger partial charge in [0, 0.05) is 19.2 Å². The number of hydrogen-bond donors (Lipinski definition) is 0. The standard InChI is InChI=1S/C16H18N4O/c21-16(7-6-14-4-2-1-3-5-14)19-12-8-15(9-13-19)20-17-10-11-18-20/h1-7,10-11,15H,8-9,12-13H2/b7-6+. The van der Waals surface area contributed by atoms with E-state index in [1.54, 1.807) is 23.3 Å². The van der Waals surface area contributed by atoms with Gasteiger partial charge < -0.3 is 4.90 Å². The SMILES string of the molecule is O=C(/C=C/c1ccccc1)N1CCC(n2nccn2)CC1. The van der Waals surface area contributed by atoms with Gasteiger partial charge in [-0.2, -0.15) is 15.0 Å². The molecule has 2 heterocycles. The van der Waals surface area contributed by atoms with Gasteiger partial charge in [-0.15, -0.1) is 0 Å². The maximum Gasteiger partial charge on any atom is 0.246 e. The van der Waals surface area contributed by atoms with Crippen molar-refractivity contribution in [2.24, 2.45) is 0 Å². The zero-order valence-electron chi connectivity index (χ0n) is 11.8. The van der Waals surface area contributed by atoms with Crippen molar-refractivity contribution in [3.63, 3.8) is 0 Å². The highest BCUT2D eigenvalue weighted by atomic mass is 16.2. The summed E-state index contributed by atoms with van der Waals surface area (Å²) in [6.45, 7) is 1.51. The van der Waals surface area contributed by atoms with E-state index in [1.807, 2.05) is 41.3 Å². The molecule has 1 saturated heterocycles. The van der Waals surface area contributed by atoms with Gasteiger partial charge in [0.15, 0.2) is 0 Å². The first-order valence-electron chi connectivity index (χ1n) is 7.21. The topological polar surface area (TPSA) is 51.0 Å². The molecule has 108 valence electrons. The van der Waals surface area contributed by atoms with Crippen LogP contribution in [0.5, 0.6) is 0 Å². The van der Waals surface area contributed by atoms with E-state index < -0.39 is 0 Å². The molecule has 1 aromatic carbocycles. The molecule has 1 amide bonds. The summed E-state index contributed by atoms with van der Waals surface area (Å²) >= 11 is 0. The molecule has 1 fully saturated rings. The van der Waals surface area contributed by atoms with Gasteiger partial charge in [-0.1, -0.05) is 30.3 Å². The van der Waals surface area contributed by atoms with Crippen LogP contribution in [0.25, 0.3) is 6.08 Å². The molecule has 21 heavy (non-hydrogen) atoms. The van der Waals surface area contributed by atoms with Crippen LogP contribution in [0.4, 0.5) is 0 Å². The first-order valence-corrected chi connectivity index (χ1v) is 7.21. The van der Waals surface area contributed by atoms with Crippen molar-refractivity contribution in [3.8, 4) is 0 Å². The third kappa shape index (κ3) is 3.37. The Morgan fingerprint density at radius 3 is 2.43 bits per heavy atom. The summed E-state index contributed by atoms with van der Waals surface area (Å²) in [6.07, 6.45) is 8.71. The summed E-state index contributed by atoms with van der Waals surface area (Å²) < 4.78 is 0. The Bertz CT molecular complexity index is 598. The number of nitrogens with zero attached hydrogens (tertiary/aromatic N) is 4. The molecular formula is C16H18N4O. The van der Waals surface area contributed by atoms with E-state index >= 15 is 0 Å². The summed E-state index contributed by atoms with van der Waals surface area (Å²) in [5, 5.41) is 8.35. The molecule has 1 aliphatic rings. The Hall–Kier alpha value is -2.43. The van der Waals surface area contributed by atoms with Gasteiger partial charge in [0.05, 0.1) is 18.4 Å². The molecule has 5 nitrogen and oxygen atoms in total. The van der Waals surface area contributed by atoms with Gasteiger partial charge in [0.1, 0.15) is 0 Å². The Labute approximate surface area is 123 Å². The fraction of sp³-hybridized carbons (Fsp3) is 0.312. The zero-order chi connectivity index (χ0) is 14.5. The molecule has 0 spiro atoms. The summed E-state index contributed by atoms with van der Waals surface area (Å²) in [5.41, 5.74) is 1.04. The summed E-state index contributed by atoms with van der Waals surface area (Å²) in [6, 6.07) is 10.2. The fourth-order valence-corrected chi connectivity index (χ4v) is 2.57. The number of carbonyl (C=O) groups is 1. The van der Waals surface area contributed by atoms with Crippen LogP contribution in [0, 0.1) is 0 Å². The Morgan fingerprint density at radius 2 is 1.76 bits per heavy atom. The Morgan fingerprint density at radius 1 is 1.10 bits per heavy atom. The van der Waals surface area contributed by atoms with Crippen LogP contribution < -0.4 is 0 Å². The van der Waals surface area contributed by atoms with E-state index in [0.717, 1.165) is 31.5 Å². The van der Waals surface area contributed by atoms with Crippen molar-refractivity contribution < 1.29 is 4.79 Å². The molecule has 1 aliphatic heterocycles. The summed E-state index contributed by atoms with van der Waals surface area (Å²) in [4.78, 5) is 15.8. The van der Waals surface area contributed by atoms with Crippen LogP contribution in [0.2, 0.25) is 0 Å². The van der Waals surface area contributed by atoms with Crippen LogP contribution in [0.3, 0.4) is 0 Å². The average molecular weight is 282 g/mol. The third-order valence-electron chi connectivity index (χ3n) is 3.76. The summed E-state index contributed by atoms with van der Waals surface area (Å²) in [7, 11) is 0. The quantitative estimate of drug-likeness (QED) is 0.811. The normalized spacial score (nSPS) is 16.5. The highest BCUT2D eigenvalue weighted by molar-refractivity contribution is 5.91. The molecule has 0 N–H and O–H groups in total. The zero-order valence-corrected chi connectivity index (χ0v) is 11.8. The van der Waals surface area contributed by atoms with Gasteiger partial charge in [-0.3, -0.25) is 4.79 Å². The lowest BCUT2D eigenvalue weighted by Crippen LogP contribution is -2.38. The fourth-order valence-electron chi connectivity index (χ4n) is 2.57. The monoisotopic (exact) mass is 282 g/mol. The molecule has 1 aromatic heterocycles. The first kappa shape index (κ1) is 13.5. The minimum Gasteiger partial charge on any atom is -0.339 e. The van der Waals surface area contributed by atoms with Crippen LogP contribution in [-0.4, -0.2) is 38.9 Å². The second kappa shape index (κ2) is 6.35. The van der Waals surface area contributed by atoms with Gasteiger partial charge in [0.2, 0.25) is 5.91 Å². The second-order valence-electron chi connectivity index (χ2n) is 5.15. The molecule has 5 heteroatoms. The molecular weight excluding hydrogens is 264 g/mol. The highest BCUT2D eigenvalue weighted by Crippen LogP contribution is 2.20. The van der Waals surface area contributed by atoms with E-state index in [2.05, 4.69) is 10.2 Å². The lowest BCUT2D eigenvalue weighted by atomic mass is 10.1. The highest BCUT2D eigenvalue weighted by Gasteiger charge is 2.23. The predicted octanol–water partition coefficient (Wildman–Crippen LogP) is 2.16. The maximum absolute atomic E-state index is 12.2. The number of likely N-dealkylation sites (tertiary alicyclic amines) is 1. The molecule has 0 unspecified atom stereocenters. The largest absolute Gasteiger partial charge is 0.339 e. The third-order valence-corrected chi connectivity index (χ3v) is 3.76. The Kier molecular flexibility index (Phi) is 4.09. The van der Waals surface area contributed by atoms with Crippen LogP contribution in [0.15, 0.2) is 48.8 Å². The average Bonchev–Trinajstić information content (AvgIpc) is 3.08. The second-order valence-corrected chi connectivity index (χ2v) is 5.15.